The molecule has 1 heterocycles. The number of amides is 1. The van der Waals surface area contributed by atoms with E-state index in [4.69, 9.17) is 4.74 Å². The van der Waals surface area contributed by atoms with Gasteiger partial charge in [0, 0.05) is 22.3 Å². The fourth-order valence-electron chi connectivity index (χ4n) is 2.95. The Balaban J connectivity index is 2.28. The van der Waals surface area contributed by atoms with Crippen LogP contribution in [0.2, 0.25) is 19.6 Å². The van der Waals surface area contributed by atoms with E-state index >= 15 is 0 Å². The number of nitrogens with one attached hydrogen (secondary N) is 2. The van der Waals surface area contributed by atoms with E-state index in [9.17, 15) is 9.18 Å². The number of hydrogen-bond acceptors (Lipinski definition) is 2. The predicted octanol–water partition coefficient (Wildman–Crippen LogP) is 4.31. The third-order valence-corrected chi connectivity index (χ3v) is 5.82. The minimum Gasteiger partial charge on any atom is -0.444 e. The fraction of sp³-hybridized carbons (Fsp3) is 0.526. The number of alkyl carbamates (subject to hydrolysis) is 1. The van der Waals surface area contributed by atoms with Crippen molar-refractivity contribution in [2.24, 2.45) is 0 Å². The number of H-pyrrole nitrogens is 1. The van der Waals surface area contributed by atoms with Gasteiger partial charge in [-0.05, 0) is 57.9 Å². The van der Waals surface area contributed by atoms with Crippen molar-refractivity contribution in [3.63, 3.8) is 0 Å². The highest BCUT2D eigenvalue weighted by atomic mass is 28.3. The summed E-state index contributed by atoms with van der Waals surface area (Å²) in [7, 11) is -1.65. The number of rotatable bonds is 4. The Hall–Kier alpha value is -1.82. The largest absolute Gasteiger partial charge is 0.444 e. The SMILES string of the molecule is C[C@H](Cc1c([Si](C)(C)C)[nH]c2cc(F)ccc12)NC(=O)OC(C)(C)C. The Morgan fingerprint density at radius 3 is 2.52 bits per heavy atom. The first-order valence-electron chi connectivity index (χ1n) is 8.67. The lowest BCUT2D eigenvalue weighted by atomic mass is 10.1. The van der Waals surface area contributed by atoms with Crippen LogP contribution in [0.15, 0.2) is 18.2 Å². The molecular formula is C19H29FN2O2Si. The first-order valence-corrected chi connectivity index (χ1v) is 12.2. The molecule has 0 unspecified atom stereocenters. The fourth-order valence-corrected chi connectivity index (χ4v) is 4.60. The maximum atomic E-state index is 13.6. The van der Waals surface area contributed by atoms with E-state index in [1.807, 2.05) is 33.8 Å². The Labute approximate surface area is 150 Å². The van der Waals surface area contributed by atoms with Crippen LogP contribution in [0.25, 0.3) is 10.9 Å². The number of halogens is 1. The first kappa shape index (κ1) is 19.5. The molecule has 0 aliphatic rings. The molecule has 4 nitrogen and oxygen atoms in total. The molecule has 1 atom stereocenters. The van der Waals surface area contributed by atoms with Gasteiger partial charge >= 0.3 is 6.09 Å². The van der Waals surface area contributed by atoms with Crippen molar-refractivity contribution in [2.75, 3.05) is 0 Å². The smallest absolute Gasteiger partial charge is 0.407 e. The predicted molar refractivity (Wildman–Crippen MR) is 104 cm³/mol. The van der Waals surface area contributed by atoms with Crippen molar-refractivity contribution in [1.29, 1.82) is 0 Å². The molecule has 6 heteroatoms. The Morgan fingerprint density at radius 2 is 1.96 bits per heavy atom. The summed E-state index contributed by atoms with van der Waals surface area (Å²) >= 11 is 0. The van der Waals surface area contributed by atoms with Crippen LogP contribution < -0.4 is 10.6 Å². The molecule has 1 aromatic heterocycles. The molecular weight excluding hydrogens is 335 g/mol. The van der Waals surface area contributed by atoms with Crippen molar-refractivity contribution in [1.82, 2.24) is 10.3 Å². The number of benzene rings is 1. The van der Waals surface area contributed by atoms with E-state index in [0.717, 1.165) is 16.5 Å². The second-order valence-corrected chi connectivity index (χ2v) is 13.7. The number of carbonyl (C=O) groups excluding carboxylic acids is 1. The van der Waals surface area contributed by atoms with Crippen molar-refractivity contribution in [2.45, 2.75) is 65.4 Å². The third kappa shape index (κ3) is 5.08. The van der Waals surface area contributed by atoms with Crippen molar-refractivity contribution < 1.29 is 13.9 Å². The van der Waals surface area contributed by atoms with Gasteiger partial charge in [-0.2, -0.15) is 0 Å². The lowest BCUT2D eigenvalue weighted by Gasteiger charge is -2.23. The van der Waals surface area contributed by atoms with Gasteiger partial charge in [-0.1, -0.05) is 19.6 Å². The maximum Gasteiger partial charge on any atom is 0.407 e. The number of aromatic amines is 1. The Kier molecular flexibility index (Phi) is 5.32. The zero-order valence-corrected chi connectivity index (χ0v) is 17.2. The minimum absolute atomic E-state index is 0.0889. The quantitative estimate of drug-likeness (QED) is 0.795. The average molecular weight is 365 g/mol. The number of hydrogen-bond donors (Lipinski definition) is 2. The summed E-state index contributed by atoms with van der Waals surface area (Å²) in [4.78, 5) is 15.4. The van der Waals surface area contributed by atoms with Gasteiger partial charge < -0.3 is 15.0 Å². The maximum absolute atomic E-state index is 13.6. The van der Waals surface area contributed by atoms with E-state index in [-0.39, 0.29) is 11.9 Å². The van der Waals surface area contributed by atoms with Crippen LogP contribution in [0.3, 0.4) is 0 Å². The van der Waals surface area contributed by atoms with Crippen LogP contribution in [0, 0.1) is 5.82 Å². The molecule has 2 aromatic rings. The van der Waals surface area contributed by atoms with Crippen molar-refractivity contribution >= 4 is 30.4 Å². The molecule has 0 fully saturated rings. The van der Waals surface area contributed by atoms with Crippen LogP contribution in [0.4, 0.5) is 9.18 Å². The first-order chi connectivity index (χ1) is 11.4. The number of carbonyl (C=O) groups is 1. The molecule has 25 heavy (non-hydrogen) atoms. The molecule has 1 amide bonds. The highest BCUT2D eigenvalue weighted by Gasteiger charge is 2.26. The van der Waals surface area contributed by atoms with E-state index in [1.165, 1.54) is 17.4 Å². The Morgan fingerprint density at radius 1 is 1.32 bits per heavy atom. The van der Waals surface area contributed by atoms with Crippen molar-refractivity contribution in [3.05, 3.63) is 29.6 Å². The standard InChI is InChI=1S/C19H29FN2O2Si/c1-12(21-18(23)24-19(2,3)4)10-15-14-9-8-13(20)11-16(14)22-17(15)25(5,6)7/h8-9,11-12,22H,10H2,1-7H3,(H,21,23)/t12-/m1/s1. The number of ether oxygens (including phenoxy) is 1. The highest BCUT2D eigenvalue weighted by Crippen LogP contribution is 2.22. The zero-order valence-electron chi connectivity index (χ0n) is 16.2. The van der Waals surface area contributed by atoms with E-state index in [0.29, 0.717) is 6.42 Å². The summed E-state index contributed by atoms with van der Waals surface area (Å²) in [5, 5.41) is 5.12. The van der Waals surface area contributed by atoms with Crippen LogP contribution in [0.5, 0.6) is 0 Å². The second-order valence-electron chi connectivity index (χ2n) is 8.67. The molecule has 0 spiro atoms. The van der Waals surface area contributed by atoms with E-state index in [1.54, 1.807) is 0 Å². The second kappa shape index (κ2) is 6.82. The van der Waals surface area contributed by atoms with Crippen LogP contribution >= 0.6 is 0 Å². The third-order valence-electron chi connectivity index (χ3n) is 3.89. The van der Waals surface area contributed by atoms with Crippen LogP contribution in [0.1, 0.15) is 33.3 Å². The molecule has 138 valence electrons. The van der Waals surface area contributed by atoms with Crippen LogP contribution in [-0.4, -0.2) is 30.8 Å². The van der Waals surface area contributed by atoms with E-state index < -0.39 is 19.8 Å². The summed E-state index contributed by atoms with van der Waals surface area (Å²) in [6, 6.07) is 4.75. The Bertz CT molecular complexity index is 772. The number of fused-ring (bicyclic) bond motifs is 1. The van der Waals surface area contributed by atoms with Gasteiger partial charge in [-0.3, -0.25) is 0 Å². The normalized spacial score (nSPS) is 13.8. The van der Waals surface area contributed by atoms with E-state index in [2.05, 4.69) is 29.9 Å². The molecule has 2 rings (SSSR count). The molecule has 0 saturated heterocycles. The lowest BCUT2D eigenvalue weighted by molar-refractivity contribution is 0.0508. The van der Waals surface area contributed by atoms with Gasteiger partial charge in [0.25, 0.3) is 0 Å². The van der Waals surface area contributed by atoms with Gasteiger partial charge in [0.05, 0.1) is 8.07 Å². The van der Waals surface area contributed by atoms with Crippen molar-refractivity contribution in [3.8, 4) is 0 Å². The van der Waals surface area contributed by atoms with Gasteiger partial charge in [0.2, 0.25) is 0 Å². The molecule has 1 aromatic carbocycles. The van der Waals surface area contributed by atoms with Gasteiger partial charge in [-0.25, -0.2) is 9.18 Å². The minimum atomic E-state index is -1.65. The summed E-state index contributed by atoms with van der Waals surface area (Å²) in [6.45, 7) is 14.2. The molecule has 0 saturated carbocycles. The molecule has 0 radical (unpaired) electrons. The molecule has 0 aliphatic carbocycles. The summed E-state index contributed by atoms with van der Waals surface area (Å²) < 4.78 is 18.9. The summed E-state index contributed by atoms with van der Waals surface area (Å²) in [5.41, 5.74) is 1.46. The summed E-state index contributed by atoms with van der Waals surface area (Å²) in [5.74, 6) is -0.248. The van der Waals surface area contributed by atoms with Crippen LogP contribution in [-0.2, 0) is 11.2 Å². The lowest BCUT2D eigenvalue weighted by Crippen LogP contribution is -2.43. The highest BCUT2D eigenvalue weighted by molar-refractivity contribution is 6.88. The van der Waals surface area contributed by atoms with Gasteiger partial charge in [0.1, 0.15) is 11.4 Å². The van der Waals surface area contributed by atoms with Gasteiger partial charge in [-0.15, -0.1) is 0 Å². The molecule has 0 bridgehead atoms. The molecule has 0 aliphatic heterocycles. The zero-order chi connectivity index (χ0) is 19.0. The number of aromatic nitrogens is 1. The monoisotopic (exact) mass is 364 g/mol. The summed E-state index contributed by atoms with van der Waals surface area (Å²) in [6.07, 6.45) is 0.255. The topological polar surface area (TPSA) is 54.1 Å². The van der Waals surface area contributed by atoms with Gasteiger partial charge in [0.15, 0.2) is 0 Å². The average Bonchev–Trinajstić information content (AvgIpc) is 2.73. The molecule has 2 N–H and O–H groups in total.